The minimum Gasteiger partial charge on any atom is -0.478 e. The second-order valence-corrected chi connectivity index (χ2v) is 7.17. The molecule has 1 N–H and O–H groups in total. The zero-order chi connectivity index (χ0) is 19.0. The summed E-state index contributed by atoms with van der Waals surface area (Å²) in [5, 5.41) is 9.91. The molecule has 3 heterocycles. The molecule has 1 aliphatic rings. The van der Waals surface area contributed by atoms with Crippen molar-refractivity contribution in [2.24, 2.45) is 5.92 Å². The number of carbonyl (C=O) groups is 2. The predicted octanol–water partition coefficient (Wildman–Crippen LogP) is 3.60. The average Bonchev–Trinajstić information content (AvgIpc) is 3.10. The number of pyridine rings is 1. The molecule has 0 saturated carbocycles. The van der Waals surface area contributed by atoms with Gasteiger partial charge in [-0.3, -0.25) is 4.79 Å². The maximum absolute atomic E-state index is 12.8. The van der Waals surface area contributed by atoms with Crippen molar-refractivity contribution in [1.82, 2.24) is 14.5 Å². The molecule has 1 atom stereocenters. The van der Waals surface area contributed by atoms with E-state index < -0.39 is 5.97 Å². The van der Waals surface area contributed by atoms with Crippen molar-refractivity contribution in [2.45, 2.75) is 19.8 Å². The van der Waals surface area contributed by atoms with Gasteiger partial charge in [-0.1, -0.05) is 6.92 Å². The largest absolute Gasteiger partial charge is 0.478 e. The Hall–Kier alpha value is -3.15. The lowest BCUT2D eigenvalue weighted by molar-refractivity contribution is 0.0679. The van der Waals surface area contributed by atoms with Gasteiger partial charge in [0.2, 0.25) is 0 Å². The van der Waals surface area contributed by atoms with Gasteiger partial charge in [-0.2, -0.15) is 0 Å². The molecule has 1 amide bonds. The van der Waals surface area contributed by atoms with Crippen molar-refractivity contribution in [3.63, 3.8) is 0 Å². The molecule has 0 unspecified atom stereocenters. The number of likely N-dealkylation sites (tertiary alicyclic amines) is 1. The highest BCUT2D eigenvalue weighted by atomic mass is 16.4. The van der Waals surface area contributed by atoms with Gasteiger partial charge < -0.3 is 14.6 Å². The van der Waals surface area contributed by atoms with Crippen molar-refractivity contribution >= 4 is 22.9 Å². The summed E-state index contributed by atoms with van der Waals surface area (Å²) >= 11 is 0. The molecule has 1 aliphatic heterocycles. The van der Waals surface area contributed by atoms with Crippen molar-refractivity contribution in [1.29, 1.82) is 0 Å². The zero-order valence-electron chi connectivity index (χ0n) is 15.1. The number of aromatic carboxylic acids is 1. The van der Waals surface area contributed by atoms with Gasteiger partial charge in [-0.05, 0) is 55.2 Å². The third kappa shape index (κ3) is 3.30. The number of nitrogens with zero attached hydrogens (tertiary/aromatic N) is 3. The van der Waals surface area contributed by atoms with Crippen LogP contribution >= 0.6 is 0 Å². The van der Waals surface area contributed by atoms with Gasteiger partial charge >= 0.3 is 5.97 Å². The lowest BCUT2D eigenvalue weighted by Gasteiger charge is -2.30. The summed E-state index contributed by atoms with van der Waals surface area (Å²) in [6.45, 7) is 3.78. The van der Waals surface area contributed by atoms with Crippen molar-refractivity contribution < 1.29 is 14.7 Å². The van der Waals surface area contributed by atoms with E-state index in [1.807, 2.05) is 27.8 Å². The number of carbonyl (C=O) groups excluding carboxylic acids is 1. The zero-order valence-corrected chi connectivity index (χ0v) is 15.1. The van der Waals surface area contributed by atoms with Crippen LogP contribution in [-0.2, 0) is 0 Å². The van der Waals surface area contributed by atoms with E-state index in [1.54, 1.807) is 30.5 Å². The monoisotopic (exact) mass is 363 g/mol. The van der Waals surface area contributed by atoms with Gasteiger partial charge in [0.15, 0.2) is 0 Å². The van der Waals surface area contributed by atoms with Crippen LogP contribution < -0.4 is 0 Å². The van der Waals surface area contributed by atoms with Crippen LogP contribution in [-0.4, -0.2) is 44.5 Å². The van der Waals surface area contributed by atoms with Gasteiger partial charge in [-0.15, -0.1) is 0 Å². The smallest absolute Gasteiger partial charge is 0.335 e. The molecule has 0 radical (unpaired) electrons. The summed E-state index contributed by atoms with van der Waals surface area (Å²) in [4.78, 5) is 30.2. The summed E-state index contributed by atoms with van der Waals surface area (Å²) < 4.78 is 1.89. The van der Waals surface area contributed by atoms with E-state index in [0.717, 1.165) is 36.2 Å². The third-order valence-corrected chi connectivity index (χ3v) is 5.11. The highest BCUT2D eigenvalue weighted by molar-refractivity contribution is 5.97. The van der Waals surface area contributed by atoms with E-state index in [1.165, 1.54) is 6.42 Å². The molecular weight excluding hydrogens is 342 g/mol. The second-order valence-electron chi connectivity index (χ2n) is 7.17. The molecule has 1 aromatic carbocycles. The number of carboxylic acid groups (broad SMARTS) is 1. The van der Waals surface area contributed by atoms with Gasteiger partial charge in [0.1, 0.15) is 5.65 Å². The van der Waals surface area contributed by atoms with Crippen molar-refractivity contribution in [2.75, 3.05) is 13.1 Å². The Kier molecular flexibility index (Phi) is 4.39. The number of benzene rings is 1. The van der Waals surface area contributed by atoms with Gasteiger partial charge in [0.25, 0.3) is 5.91 Å². The van der Waals surface area contributed by atoms with Gasteiger partial charge in [0, 0.05) is 36.6 Å². The number of aromatic nitrogens is 2. The Morgan fingerprint density at radius 2 is 1.93 bits per heavy atom. The molecule has 6 nitrogen and oxygen atoms in total. The van der Waals surface area contributed by atoms with Crippen LogP contribution in [0.1, 0.15) is 40.5 Å². The summed E-state index contributed by atoms with van der Waals surface area (Å²) in [6, 6.07) is 10.4. The Labute approximate surface area is 157 Å². The molecule has 27 heavy (non-hydrogen) atoms. The molecule has 6 heteroatoms. The number of carboxylic acids is 1. The van der Waals surface area contributed by atoms with E-state index in [9.17, 15) is 9.59 Å². The first-order valence-electron chi connectivity index (χ1n) is 9.13. The summed E-state index contributed by atoms with van der Waals surface area (Å²) in [5.41, 5.74) is 2.41. The topological polar surface area (TPSA) is 75.4 Å². The van der Waals surface area contributed by atoms with Gasteiger partial charge in [0.05, 0.1) is 11.1 Å². The van der Waals surface area contributed by atoms with Crippen molar-refractivity contribution in [3.8, 4) is 5.69 Å². The van der Waals surface area contributed by atoms with Crippen LogP contribution in [0.5, 0.6) is 0 Å². The molecule has 138 valence electrons. The second kappa shape index (κ2) is 6.87. The normalized spacial score (nSPS) is 17.2. The minimum absolute atomic E-state index is 0.0366. The van der Waals surface area contributed by atoms with Crippen LogP contribution in [0.15, 0.2) is 48.8 Å². The molecule has 2 aromatic heterocycles. The first-order chi connectivity index (χ1) is 13.0. The molecular formula is C21H21N3O3. The predicted molar refractivity (Wildman–Crippen MR) is 102 cm³/mol. The van der Waals surface area contributed by atoms with Crippen molar-refractivity contribution in [3.05, 3.63) is 59.9 Å². The lowest BCUT2D eigenvalue weighted by atomic mass is 9.99. The highest BCUT2D eigenvalue weighted by Crippen LogP contribution is 2.22. The van der Waals surface area contributed by atoms with E-state index in [2.05, 4.69) is 11.9 Å². The quantitative estimate of drug-likeness (QED) is 0.771. The third-order valence-electron chi connectivity index (χ3n) is 5.11. The number of piperidine rings is 1. The molecule has 0 bridgehead atoms. The van der Waals surface area contributed by atoms with Crippen LogP contribution in [0.25, 0.3) is 16.7 Å². The number of fused-ring (bicyclic) bond motifs is 1. The Morgan fingerprint density at radius 3 is 2.63 bits per heavy atom. The van der Waals surface area contributed by atoms with E-state index in [-0.39, 0.29) is 11.5 Å². The molecule has 1 fully saturated rings. The number of hydrogen-bond donors (Lipinski definition) is 1. The van der Waals surface area contributed by atoms with E-state index in [0.29, 0.717) is 11.5 Å². The van der Waals surface area contributed by atoms with E-state index >= 15 is 0 Å². The molecule has 0 aliphatic carbocycles. The SMILES string of the molecule is C[C@@H]1CCCN(C(=O)c2cnc3c(ccn3-c3ccc(C(=O)O)cc3)c2)C1. The number of rotatable bonds is 3. The fraction of sp³-hybridized carbons (Fsp3) is 0.286. The fourth-order valence-corrected chi connectivity index (χ4v) is 3.67. The molecule has 3 aromatic rings. The van der Waals surface area contributed by atoms with Crippen LogP contribution in [0, 0.1) is 5.92 Å². The fourth-order valence-electron chi connectivity index (χ4n) is 3.67. The first-order valence-corrected chi connectivity index (χ1v) is 9.13. The van der Waals surface area contributed by atoms with E-state index in [4.69, 9.17) is 5.11 Å². The lowest BCUT2D eigenvalue weighted by Crippen LogP contribution is -2.39. The molecule has 4 rings (SSSR count). The minimum atomic E-state index is -0.952. The Balaban J connectivity index is 1.63. The highest BCUT2D eigenvalue weighted by Gasteiger charge is 2.22. The Bertz CT molecular complexity index is 1010. The summed E-state index contributed by atoms with van der Waals surface area (Å²) in [5.74, 6) is -0.379. The average molecular weight is 363 g/mol. The molecule has 1 saturated heterocycles. The van der Waals surface area contributed by atoms with Crippen LogP contribution in [0.2, 0.25) is 0 Å². The number of amides is 1. The summed E-state index contributed by atoms with van der Waals surface area (Å²) in [7, 11) is 0. The summed E-state index contributed by atoms with van der Waals surface area (Å²) in [6.07, 6.45) is 5.73. The number of hydrogen-bond acceptors (Lipinski definition) is 3. The maximum Gasteiger partial charge on any atom is 0.335 e. The molecule has 0 spiro atoms. The van der Waals surface area contributed by atoms with Gasteiger partial charge in [-0.25, -0.2) is 9.78 Å². The van der Waals surface area contributed by atoms with Crippen LogP contribution in [0.4, 0.5) is 0 Å². The standard InChI is InChI=1S/C21H21N3O3/c1-14-3-2-9-23(13-14)20(25)17-11-16-8-10-24(19(16)22-12-17)18-6-4-15(5-7-18)21(26)27/h4-8,10-12,14H,2-3,9,13H2,1H3,(H,26,27)/t14-/m1/s1. The maximum atomic E-state index is 12.8. The Morgan fingerprint density at radius 1 is 1.15 bits per heavy atom. The van der Waals surface area contributed by atoms with Crippen LogP contribution in [0.3, 0.4) is 0 Å². The first kappa shape index (κ1) is 17.3.